The Labute approximate surface area is 179 Å². The Kier molecular flexibility index (Phi) is 7.64. The number of likely N-dealkylation sites (N-methyl/N-ethyl adjacent to an activating group) is 1. The van der Waals surface area contributed by atoms with E-state index in [-0.39, 0.29) is 16.8 Å². The second-order valence-electron chi connectivity index (χ2n) is 8.04. The molecule has 1 aliphatic rings. The van der Waals surface area contributed by atoms with Crippen LogP contribution in [0.15, 0.2) is 59.5 Å². The van der Waals surface area contributed by atoms with Crippen LogP contribution in [0.3, 0.4) is 0 Å². The third-order valence-corrected chi connectivity index (χ3v) is 7.29. The quantitative estimate of drug-likeness (QED) is 0.733. The predicted molar refractivity (Wildman–Crippen MR) is 119 cm³/mol. The van der Waals surface area contributed by atoms with Gasteiger partial charge in [0.2, 0.25) is 10.0 Å². The average molecular weight is 430 g/mol. The van der Waals surface area contributed by atoms with Crippen molar-refractivity contribution in [3.05, 3.63) is 65.7 Å². The number of hydrogen-bond donors (Lipinski definition) is 1. The molecule has 1 heterocycles. The maximum Gasteiger partial charge on any atom is 0.251 e. The molecule has 3 rings (SSSR count). The number of nitrogens with zero attached hydrogens (tertiary/aromatic N) is 2. The average Bonchev–Trinajstić information content (AvgIpc) is 3.04. The molecule has 0 unspecified atom stereocenters. The van der Waals surface area contributed by atoms with E-state index in [0.717, 1.165) is 31.2 Å². The van der Waals surface area contributed by atoms with Crippen molar-refractivity contribution in [2.24, 2.45) is 0 Å². The van der Waals surface area contributed by atoms with Gasteiger partial charge in [0.05, 0.1) is 10.9 Å². The van der Waals surface area contributed by atoms with Gasteiger partial charge in [0, 0.05) is 25.2 Å². The highest BCUT2D eigenvalue weighted by Crippen LogP contribution is 2.21. The summed E-state index contributed by atoms with van der Waals surface area (Å²) in [6.07, 6.45) is 3.93. The molecule has 1 aliphatic heterocycles. The topological polar surface area (TPSA) is 69.7 Å². The van der Waals surface area contributed by atoms with Crippen molar-refractivity contribution in [1.29, 1.82) is 0 Å². The fourth-order valence-corrected chi connectivity index (χ4v) is 5.25. The Bertz CT molecular complexity index is 920. The monoisotopic (exact) mass is 429 g/mol. The lowest BCUT2D eigenvalue weighted by Gasteiger charge is -2.23. The van der Waals surface area contributed by atoms with Crippen LogP contribution in [0.4, 0.5) is 0 Å². The van der Waals surface area contributed by atoms with Crippen molar-refractivity contribution in [3.8, 4) is 0 Å². The zero-order chi connectivity index (χ0) is 21.6. The number of carbonyl (C=O) groups is 1. The molecule has 0 radical (unpaired) electrons. The number of rotatable bonds is 7. The fraction of sp³-hybridized carbons (Fsp3) is 0.435. The second kappa shape index (κ2) is 10.2. The zero-order valence-corrected chi connectivity index (χ0v) is 18.6. The largest absolute Gasteiger partial charge is 0.344 e. The maximum atomic E-state index is 12.9. The summed E-state index contributed by atoms with van der Waals surface area (Å²) in [7, 11) is 0.411. The molecule has 1 fully saturated rings. The summed E-state index contributed by atoms with van der Waals surface area (Å²) in [6.45, 7) is 1.79. The molecule has 0 saturated carbocycles. The summed E-state index contributed by atoms with van der Waals surface area (Å²) in [4.78, 5) is 15.1. The van der Waals surface area contributed by atoms with Crippen molar-refractivity contribution >= 4 is 15.9 Å². The summed E-state index contributed by atoms with van der Waals surface area (Å²) in [5.74, 6) is -0.218. The fourth-order valence-electron chi connectivity index (χ4n) is 3.74. The van der Waals surface area contributed by atoms with Gasteiger partial charge in [-0.2, -0.15) is 4.31 Å². The minimum absolute atomic E-state index is 0.158. The van der Waals surface area contributed by atoms with Gasteiger partial charge in [-0.25, -0.2) is 8.42 Å². The van der Waals surface area contributed by atoms with E-state index < -0.39 is 10.0 Å². The van der Waals surface area contributed by atoms with Gasteiger partial charge in [-0.3, -0.25) is 4.79 Å². The minimum Gasteiger partial charge on any atom is -0.344 e. The van der Waals surface area contributed by atoms with E-state index in [9.17, 15) is 13.2 Å². The van der Waals surface area contributed by atoms with Crippen molar-refractivity contribution in [3.63, 3.8) is 0 Å². The van der Waals surface area contributed by atoms with Gasteiger partial charge in [0.25, 0.3) is 5.91 Å². The molecule has 2 aromatic carbocycles. The van der Waals surface area contributed by atoms with E-state index in [1.165, 1.54) is 0 Å². The molecular formula is C23H31N3O3S. The Morgan fingerprint density at radius 1 is 0.967 bits per heavy atom. The molecule has 7 heteroatoms. The Hall–Kier alpha value is -2.22. The Morgan fingerprint density at radius 3 is 2.13 bits per heavy atom. The molecule has 1 N–H and O–H groups in total. The van der Waals surface area contributed by atoms with E-state index in [4.69, 9.17) is 0 Å². The SMILES string of the molecule is CN(C)C[C@H](NC(=O)c1ccc(S(=O)(=O)N2CCCCCC2)cc1)c1ccccc1. The maximum absolute atomic E-state index is 12.9. The van der Waals surface area contributed by atoms with Gasteiger partial charge in [-0.15, -0.1) is 0 Å². The van der Waals surface area contributed by atoms with Crippen LogP contribution in [0, 0.1) is 0 Å². The highest BCUT2D eigenvalue weighted by atomic mass is 32.2. The van der Waals surface area contributed by atoms with Gasteiger partial charge in [0.1, 0.15) is 0 Å². The predicted octanol–water partition coefficient (Wildman–Crippen LogP) is 3.28. The lowest BCUT2D eigenvalue weighted by molar-refractivity contribution is 0.0930. The van der Waals surface area contributed by atoms with Crippen molar-refractivity contribution < 1.29 is 13.2 Å². The molecule has 0 bridgehead atoms. The number of amides is 1. The van der Waals surface area contributed by atoms with Crippen molar-refractivity contribution in [2.45, 2.75) is 36.6 Å². The Morgan fingerprint density at radius 2 is 1.57 bits per heavy atom. The molecule has 1 atom stereocenters. The van der Waals surface area contributed by atoms with Gasteiger partial charge in [0.15, 0.2) is 0 Å². The summed E-state index contributed by atoms with van der Waals surface area (Å²) in [5.41, 5.74) is 1.48. The van der Waals surface area contributed by atoms with Crippen LogP contribution < -0.4 is 5.32 Å². The number of benzene rings is 2. The van der Waals surface area contributed by atoms with Crippen LogP contribution in [0.25, 0.3) is 0 Å². The summed E-state index contributed by atoms with van der Waals surface area (Å²) >= 11 is 0. The van der Waals surface area contributed by atoms with Crippen molar-refractivity contribution in [2.75, 3.05) is 33.7 Å². The summed E-state index contributed by atoms with van der Waals surface area (Å²) < 4.78 is 27.4. The molecule has 1 saturated heterocycles. The third kappa shape index (κ3) is 5.68. The normalized spacial score (nSPS) is 16.8. The van der Waals surface area contributed by atoms with E-state index in [1.54, 1.807) is 28.6 Å². The molecular weight excluding hydrogens is 398 g/mol. The molecule has 0 spiro atoms. The van der Waals surface area contributed by atoms with Crippen LogP contribution in [0.1, 0.15) is 47.6 Å². The van der Waals surface area contributed by atoms with Gasteiger partial charge in [-0.05, 0) is 56.8 Å². The smallest absolute Gasteiger partial charge is 0.251 e. The molecule has 0 aliphatic carbocycles. The van der Waals surface area contributed by atoms with Gasteiger partial charge >= 0.3 is 0 Å². The molecule has 1 amide bonds. The number of sulfonamides is 1. The first-order valence-corrected chi connectivity index (χ1v) is 11.9. The number of carbonyl (C=O) groups excluding carboxylic acids is 1. The molecule has 162 valence electrons. The van der Waals surface area contributed by atoms with Crippen molar-refractivity contribution in [1.82, 2.24) is 14.5 Å². The first kappa shape index (κ1) is 22.5. The lowest BCUT2D eigenvalue weighted by Crippen LogP contribution is -2.35. The summed E-state index contributed by atoms with van der Waals surface area (Å²) in [6, 6.07) is 15.9. The zero-order valence-electron chi connectivity index (χ0n) is 17.8. The van der Waals surface area contributed by atoms with E-state index in [0.29, 0.717) is 25.2 Å². The van der Waals surface area contributed by atoms with Crippen LogP contribution >= 0.6 is 0 Å². The number of nitrogens with one attached hydrogen (secondary N) is 1. The van der Waals surface area contributed by atoms with E-state index in [1.807, 2.05) is 49.3 Å². The Balaban J connectivity index is 1.73. The standard InChI is InChI=1S/C23H31N3O3S/c1-25(2)18-22(19-10-6-5-7-11-19)24-23(27)20-12-14-21(15-13-20)30(28,29)26-16-8-3-4-9-17-26/h5-7,10-15,22H,3-4,8-9,16-18H2,1-2H3,(H,24,27)/t22-/m0/s1. The van der Waals surface area contributed by atoms with Gasteiger partial charge < -0.3 is 10.2 Å². The number of hydrogen-bond acceptors (Lipinski definition) is 4. The summed E-state index contributed by atoms with van der Waals surface area (Å²) in [5, 5.41) is 3.07. The highest BCUT2D eigenvalue weighted by molar-refractivity contribution is 7.89. The molecule has 6 nitrogen and oxygen atoms in total. The van der Waals surface area contributed by atoms with Crippen LogP contribution in [-0.4, -0.2) is 57.3 Å². The second-order valence-corrected chi connectivity index (χ2v) is 9.98. The molecule has 2 aromatic rings. The van der Waals surface area contributed by atoms with Gasteiger partial charge in [-0.1, -0.05) is 43.2 Å². The van der Waals surface area contributed by atoms with Crippen LogP contribution in [0.2, 0.25) is 0 Å². The van der Waals surface area contributed by atoms with E-state index in [2.05, 4.69) is 5.32 Å². The highest BCUT2D eigenvalue weighted by Gasteiger charge is 2.25. The first-order chi connectivity index (χ1) is 14.4. The minimum atomic E-state index is -3.51. The lowest BCUT2D eigenvalue weighted by atomic mass is 10.1. The van der Waals surface area contributed by atoms with Crippen LogP contribution in [-0.2, 0) is 10.0 Å². The van der Waals surface area contributed by atoms with Crippen LogP contribution in [0.5, 0.6) is 0 Å². The first-order valence-electron chi connectivity index (χ1n) is 10.5. The molecule has 0 aromatic heterocycles. The third-order valence-electron chi connectivity index (χ3n) is 5.37. The van der Waals surface area contributed by atoms with E-state index >= 15 is 0 Å². The molecule has 30 heavy (non-hydrogen) atoms.